The maximum absolute atomic E-state index is 12.5. The van der Waals surface area contributed by atoms with Gasteiger partial charge in [-0.05, 0) is 26.0 Å². The Morgan fingerprint density at radius 1 is 1.33 bits per heavy atom. The molecule has 0 saturated carbocycles. The van der Waals surface area contributed by atoms with Gasteiger partial charge in [-0.25, -0.2) is 15.0 Å². The zero-order valence-electron chi connectivity index (χ0n) is 13.2. The first kappa shape index (κ1) is 16.0. The number of aromatic nitrogens is 3. The Balaban J connectivity index is 1.79. The van der Waals surface area contributed by atoms with E-state index in [0.717, 1.165) is 22.0 Å². The van der Waals surface area contributed by atoms with Gasteiger partial charge < -0.3 is 4.42 Å². The van der Waals surface area contributed by atoms with Crippen LogP contribution in [0.1, 0.15) is 28.8 Å². The molecule has 0 radical (unpaired) electrons. The van der Waals surface area contributed by atoms with E-state index >= 15 is 0 Å². The third-order valence-corrected chi connectivity index (χ3v) is 4.32. The second kappa shape index (κ2) is 6.72. The number of hydrogen-bond acceptors (Lipinski definition) is 7. The Labute approximate surface area is 142 Å². The zero-order valence-corrected chi connectivity index (χ0v) is 14.0. The van der Waals surface area contributed by atoms with Gasteiger partial charge in [-0.1, -0.05) is 0 Å². The van der Waals surface area contributed by atoms with E-state index in [4.69, 9.17) is 4.42 Å². The van der Waals surface area contributed by atoms with Crippen LogP contribution in [0.15, 0.2) is 34.5 Å². The molecule has 0 aliphatic heterocycles. The molecule has 120 valence electrons. The Kier molecular flexibility index (Phi) is 4.49. The summed E-state index contributed by atoms with van der Waals surface area (Å²) in [7, 11) is 0. The molecule has 0 amide bonds. The molecule has 0 aliphatic rings. The largest absolute Gasteiger partial charge is 0.472 e. The summed E-state index contributed by atoms with van der Waals surface area (Å²) in [6.07, 6.45) is 3.25. The Bertz CT molecular complexity index is 889. The highest BCUT2D eigenvalue weighted by atomic mass is 32.1. The molecule has 3 rings (SSSR count). The highest BCUT2D eigenvalue weighted by Gasteiger charge is 2.24. The lowest BCUT2D eigenvalue weighted by molar-refractivity contribution is -0.118. The van der Waals surface area contributed by atoms with Gasteiger partial charge in [0.15, 0.2) is 17.5 Å². The number of Topliss-reactive ketones (excluding diaryl/α,β-unsaturated/α-hetero) is 1. The third kappa shape index (κ3) is 3.39. The lowest BCUT2D eigenvalue weighted by atomic mass is 10.0. The van der Waals surface area contributed by atoms with Crippen LogP contribution in [0, 0.1) is 25.2 Å². The maximum Gasteiger partial charge on any atom is 0.164 e. The van der Waals surface area contributed by atoms with Gasteiger partial charge in [0, 0.05) is 22.3 Å². The van der Waals surface area contributed by atoms with Gasteiger partial charge in [0.1, 0.15) is 11.3 Å². The quantitative estimate of drug-likeness (QED) is 0.709. The van der Waals surface area contributed by atoms with Gasteiger partial charge in [-0.3, -0.25) is 4.79 Å². The number of furan rings is 1. The number of rotatable bonds is 5. The molecule has 0 aromatic carbocycles. The first-order valence-electron chi connectivity index (χ1n) is 7.28. The second-order valence-electron chi connectivity index (χ2n) is 5.37. The van der Waals surface area contributed by atoms with Crippen LogP contribution in [0.3, 0.4) is 0 Å². The van der Waals surface area contributed by atoms with Crippen molar-refractivity contribution in [2.45, 2.75) is 26.2 Å². The van der Waals surface area contributed by atoms with Crippen LogP contribution in [0.4, 0.5) is 0 Å². The number of carbonyl (C=O) groups is 1. The number of carbonyl (C=O) groups excluding carboxylic acids is 1. The minimum Gasteiger partial charge on any atom is -0.472 e. The predicted molar refractivity (Wildman–Crippen MR) is 88.4 cm³/mol. The van der Waals surface area contributed by atoms with Crippen molar-refractivity contribution in [1.29, 1.82) is 5.26 Å². The average molecular weight is 338 g/mol. The first-order chi connectivity index (χ1) is 11.6. The van der Waals surface area contributed by atoms with Crippen molar-refractivity contribution in [2.75, 3.05) is 0 Å². The van der Waals surface area contributed by atoms with Gasteiger partial charge in [-0.15, -0.1) is 11.3 Å². The molecule has 1 atom stereocenters. The Hall–Kier alpha value is -2.85. The molecular formula is C17H14N4O2S. The van der Waals surface area contributed by atoms with Gasteiger partial charge in [0.25, 0.3) is 0 Å². The van der Waals surface area contributed by atoms with Crippen LogP contribution in [-0.4, -0.2) is 20.7 Å². The van der Waals surface area contributed by atoms with Gasteiger partial charge >= 0.3 is 0 Å². The van der Waals surface area contributed by atoms with E-state index in [-0.39, 0.29) is 18.0 Å². The van der Waals surface area contributed by atoms with Crippen LogP contribution in [0.2, 0.25) is 0 Å². The fourth-order valence-corrected chi connectivity index (χ4v) is 3.15. The summed E-state index contributed by atoms with van der Waals surface area (Å²) < 4.78 is 5.04. The van der Waals surface area contributed by atoms with Crippen molar-refractivity contribution in [3.63, 3.8) is 0 Å². The van der Waals surface area contributed by atoms with Gasteiger partial charge in [0.2, 0.25) is 0 Å². The molecule has 3 heterocycles. The number of nitriles is 1. The molecular weight excluding hydrogens is 324 g/mol. The SMILES string of the molecule is Cc1cc(C)nc([C@H](C#N)C(=O)Cc2csc(-c3ccoc3)n2)n1. The summed E-state index contributed by atoms with van der Waals surface area (Å²) in [6, 6.07) is 5.63. The minimum absolute atomic E-state index is 0.0723. The van der Waals surface area contributed by atoms with Crippen molar-refractivity contribution >= 4 is 17.1 Å². The summed E-state index contributed by atoms with van der Waals surface area (Å²) in [4.78, 5) is 25.4. The van der Waals surface area contributed by atoms with Crippen LogP contribution in [0.25, 0.3) is 10.6 Å². The Morgan fingerprint density at radius 2 is 2.08 bits per heavy atom. The summed E-state index contributed by atoms with van der Waals surface area (Å²) in [5.74, 6) is -0.987. The topological polar surface area (TPSA) is 92.7 Å². The summed E-state index contributed by atoms with van der Waals surface area (Å²) >= 11 is 1.43. The van der Waals surface area contributed by atoms with Gasteiger partial charge in [-0.2, -0.15) is 5.26 Å². The maximum atomic E-state index is 12.5. The van der Waals surface area contributed by atoms with Crippen molar-refractivity contribution < 1.29 is 9.21 Å². The molecule has 3 aromatic rings. The van der Waals surface area contributed by atoms with Gasteiger partial charge in [0.05, 0.1) is 24.4 Å². The molecule has 0 spiro atoms. The Morgan fingerprint density at radius 3 is 2.71 bits per heavy atom. The fraction of sp³-hybridized carbons (Fsp3) is 0.235. The normalized spacial score (nSPS) is 11.9. The molecule has 0 aliphatic carbocycles. The molecule has 7 heteroatoms. The van der Waals surface area contributed by atoms with E-state index in [0.29, 0.717) is 5.69 Å². The number of nitrogens with zero attached hydrogens (tertiary/aromatic N) is 4. The smallest absolute Gasteiger partial charge is 0.164 e. The third-order valence-electron chi connectivity index (χ3n) is 3.38. The molecule has 0 unspecified atom stereocenters. The molecule has 24 heavy (non-hydrogen) atoms. The molecule has 0 saturated heterocycles. The number of aryl methyl sites for hydroxylation is 2. The van der Waals surface area contributed by atoms with E-state index in [1.807, 2.05) is 31.4 Å². The summed E-state index contributed by atoms with van der Waals surface area (Å²) in [5.41, 5.74) is 2.97. The van der Waals surface area contributed by atoms with Crippen LogP contribution >= 0.6 is 11.3 Å². The van der Waals surface area contributed by atoms with Crippen LogP contribution in [-0.2, 0) is 11.2 Å². The van der Waals surface area contributed by atoms with E-state index in [2.05, 4.69) is 15.0 Å². The fourth-order valence-electron chi connectivity index (χ4n) is 2.34. The highest BCUT2D eigenvalue weighted by molar-refractivity contribution is 7.13. The van der Waals surface area contributed by atoms with E-state index in [9.17, 15) is 10.1 Å². The first-order valence-corrected chi connectivity index (χ1v) is 8.16. The van der Waals surface area contributed by atoms with Crippen LogP contribution < -0.4 is 0 Å². The molecule has 0 bridgehead atoms. The van der Waals surface area contributed by atoms with E-state index in [1.165, 1.54) is 11.3 Å². The zero-order chi connectivity index (χ0) is 17.1. The summed E-state index contributed by atoms with van der Waals surface area (Å²) in [6.45, 7) is 3.63. The second-order valence-corrected chi connectivity index (χ2v) is 6.23. The standard InChI is InChI=1S/C17H14N4O2S/c1-10-5-11(2)20-16(19-10)14(7-18)15(22)6-13-9-24-17(21-13)12-3-4-23-8-12/h3-5,8-9,14H,6H2,1-2H3/t14-/m1/s1. The van der Waals surface area contributed by atoms with Crippen LogP contribution in [0.5, 0.6) is 0 Å². The number of thiazole rings is 1. The average Bonchev–Trinajstić information content (AvgIpc) is 3.17. The molecule has 3 aromatic heterocycles. The predicted octanol–water partition coefficient (Wildman–Crippen LogP) is 3.23. The van der Waals surface area contributed by atoms with E-state index in [1.54, 1.807) is 18.6 Å². The molecule has 6 nitrogen and oxygen atoms in total. The lowest BCUT2D eigenvalue weighted by Gasteiger charge is -2.07. The summed E-state index contributed by atoms with van der Waals surface area (Å²) in [5, 5.41) is 12.0. The molecule has 0 N–H and O–H groups in total. The van der Waals surface area contributed by atoms with Crippen molar-refractivity contribution in [3.05, 3.63) is 52.9 Å². The number of ketones is 1. The molecule has 0 fully saturated rings. The minimum atomic E-state index is -0.984. The van der Waals surface area contributed by atoms with E-state index < -0.39 is 5.92 Å². The van der Waals surface area contributed by atoms with Crippen molar-refractivity contribution in [2.24, 2.45) is 0 Å². The number of hydrogen-bond donors (Lipinski definition) is 0. The van der Waals surface area contributed by atoms with Crippen molar-refractivity contribution in [1.82, 2.24) is 15.0 Å². The highest BCUT2D eigenvalue weighted by Crippen LogP contribution is 2.25. The monoisotopic (exact) mass is 338 g/mol. The lowest BCUT2D eigenvalue weighted by Crippen LogP contribution is -2.17. The van der Waals surface area contributed by atoms with Crippen molar-refractivity contribution in [3.8, 4) is 16.6 Å².